The minimum atomic E-state index is -0.508. The minimum absolute atomic E-state index is 0.0195. The van der Waals surface area contributed by atoms with Gasteiger partial charge < -0.3 is 5.32 Å². The Kier molecular flexibility index (Phi) is 4.02. The lowest BCUT2D eigenvalue weighted by Crippen LogP contribution is -2.24. The van der Waals surface area contributed by atoms with Crippen LogP contribution in [0, 0.1) is 10.1 Å². The summed E-state index contributed by atoms with van der Waals surface area (Å²) in [5, 5.41) is 13.6. The van der Waals surface area contributed by atoms with Crippen molar-refractivity contribution in [3.8, 4) is 0 Å². The first kappa shape index (κ1) is 11.1. The Morgan fingerprint density at radius 1 is 1.64 bits per heavy atom. The number of carbonyl (C=O) groups excluding carboxylic acids is 1. The number of thiophene rings is 1. The number of hydrogen-bond donors (Lipinski definition) is 1. The molecule has 1 aromatic rings. The van der Waals surface area contributed by atoms with Gasteiger partial charge in [-0.25, -0.2) is 0 Å². The zero-order valence-corrected chi connectivity index (χ0v) is 9.43. The Bertz CT molecular complexity index is 352. The molecule has 0 atom stereocenters. The lowest BCUT2D eigenvalue weighted by molar-refractivity contribution is -0.380. The summed E-state index contributed by atoms with van der Waals surface area (Å²) >= 11 is 4.03. The third kappa shape index (κ3) is 2.78. The number of carbonyl (C=O) groups is 1. The molecule has 76 valence electrons. The molecular formula is C7H7BrN2O3S. The summed E-state index contributed by atoms with van der Waals surface area (Å²) in [6.45, 7) is 0.504. The van der Waals surface area contributed by atoms with Crippen molar-refractivity contribution in [3.05, 3.63) is 27.1 Å². The van der Waals surface area contributed by atoms with Gasteiger partial charge in [-0.3, -0.25) is 14.9 Å². The number of nitro groups is 1. The normalized spacial score (nSPS) is 9.79. The van der Waals surface area contributed by atoms with Gasteiger partial charge in [0.25, 0.3) is 5.91 Å². The molecule has 0 fully saturated rings. The standard InChI is InChI=1S/C7H7BrN2O3S/c8-3-4-9-7(11)5-1-2-6(14-5)10(12)13/h1-2H,3-4H2,(H,9,11). The maximum absolute atomic E-state index is 11.3. The molecule has 0 spiro atoms. The molecule has 0 unspecified atom stereocenters. The summed E-state index contributed by atoms with van der Waals surface area (Å²) in [4.78, 5) is 21.5. The summed E-state index contributed by atoms with van der Waals surface area (Å²) in [7, 11) is 0. The molecule has 1 heterocycles. The molecule has 5 nitrogen and oxygen atoms in total. The van der Waals surface area contributed by atoms with Gasteiger partial charge in [0.1, 0.15) is 0 Å². The van der Waals surface area contributed by atoms with Crippen molar-refractivity contribution in [1.82, 2.24) is 5.32 Å². The molecular weight excluding hydrogens is 272 g/mol. The summed E-state index contributed by atoms with van der Waals surface area (Å²) < 4.78 is 0. The maximum atomic E-state index is 11.3. The van der Waals surface area contributed by atoms with Gasteiger partial charge in [-0.1, -0.05) is 27.3 Å². The van der Waals surface area contributed by atoms with Gasteiger partial charge >= 0.3 is 5.00 Å². The number of hydrogen-bond acceptors (Lipinski definition) is 4. The van der Waals surface area contributed by atoms with Crippen LogP contribution in [0.5, 0.6) is 0 Å². The van der Waals surface area contributed by atoms with Crippen molar-refractivity contribution in [3.63, 3.8) is 0 Å². The van der Waals surface area contributed by atoms with Gasteiger partial charge in [-0.15, -0.1) is 0 Å². The zero-order valence-electron chi connectivity index (χ0n) is 7.03. The topological polar surface area (TPSA) is 72.2 Å². The molecule has 0 saturated heterocycles. The average molecular weight is 279 g/mol. The number of rotatable bonds is 4. The van der Waals surface area contributed by atoms with E-state index >= 15 is 0 Å². The molecule has 0 aromatic carbocycles. The Morgan fingerprint density at radius 2 is 2.36 bits per heavy atom. The van der Waals surface area contributed by atoms with Crippen molar-refractivity contribution in [2.45, 2.75) is 0 Å². The maximum Gasteiger partial charge on any atom is 0.324 e. The molecule has 1 N–H and O–H groups in total. The fraction of sp³-hybridized carbons (Fsp3) is 0.286. The second-order valence-electron chi connectivity index (χ2n) is 2.34. The van der Waals surface area contributed by atoms with E-state index in [2.05, 4.69) is 21.2 Å². The van der Waals surface area contributed by atoms with Crippen LogP contribution in [0.1, 0.15) is 9.67 Å². The SMILES string of the molecule is O=C(NCCBr)c1ccc([N+](=O)[O-])s1. The van der Waals surface area contributed by atoms with Gasteiger partial charge in [0.15, 0.2) is 0 Å². The van der Waals surface area contributed by atoms with Gasteiger partial charge in [0.2, 0.25) is 0 Å². The highest BCUT2D eigenvalue weighted by atomic mass is 79.9. The monoisotopic (exact) mass is 278 g/mol. The first-order valence-corrected chi connectivity index (χ1v) is 5.67. The molecule has 1 aromatic heterocycles. The van der Waals surface area contributed by atoms with E-state index in [1.165, 1.54) is 12.1 Å². The predicted molar refractivity (Wildman–Crippen MR) is 57.1 cm³/mol. The third-order valence-corrected chi connectivity index (χ3v) is 2.81. The number of nitrogens with one attached hydrogen (secondary N) is 1. The minimum Gasteiger partial charge on any atom is -0.350 e. The van der Waals surface area contributed by atoms with Crippen molar-refractivity contribution in [1.29, 1.82) is 0 Å². The molecule has 0 saturated carbocycles. The summed E-state index contributed by atoms with van der Waals surface area (Å²) in [6.07, 6.45) is 0. The predicted octanol–water partition coefficient (Wildman–Crippen LogP) is 1.78. The molecule has 0 aliphatic carbocycles. The summed E-state index contributed by atoms with van der Waals surface area (Å²) in [5.74, 6) is -0.275. The molecule has 0 radical (unpaired) electrons. The Morgan fingerprint density at radius 3 is 2.86 bits per heavy atom. The van der Waals surface area contributed by atoms with E-state index in [1.54, 1.807) is 0 Å². The van der Waals surface area contributed by atoms with Crippen LogP contribution in [-0.4, -0.2) is 22.7 Å². The van der Waals surface area contributed by atoms with Crippen molar-refractivity contribution >= 4 is 38.2 Å². The number of alkyl halides is 1. The van der Waals surface area contributed by atoms with Crippen molar-refractivity contribution < 1.29 is 9.72 Å². The second-order valence-corrected chi connectivity index (χ2v) is 4.20. The zero-order chi connectivity index (χ0) is 10.6. The van der Waals surface area contributed by atoms with Gasteiger partial charge in [0, 0.05) is 17.9 Å². The van der Waals surface area contributed by atoms with E-state index in [1.807, 2.05) is 0 Å². The largest absolute Gasteiger partial charge is 0.350 e. The van der Waals surface area contributed by atoms with E-state index in [0.717, 1.165) is 11.3 Å². The number of amides is 1. The molecule has 1 rings (SSSR count). The van der Waals surface area contributed by atoms with E-state index in [9.17, 15) is 14.9 Å². The van der Waals surface area contributed by atoms with Crippen LogP contribution in [0.4, 0.5) is 5.00 Å². The quantitative estimate of drug-likeness (QED) is 0.518. The van der Waals surface area contributed by atoms with Crippen LogP contribution in [0.2, 0.25) is 0 Å². The summed E-state index contributed by atoms with van der Waals surface area (Å²) in [6, 6.07) is 2.78. The highest BCUT2D eigenvalue weighted by Gasteiger charge is 2.14. The Hall–Kier alpha value is -0.950. The van der Waals surface area contributed by atoms with Crippen LogP contribution in [0.25, 0.3) is 0 Å². The van der Waals surface area contributed by atoms with Crippen molar-refractivity contribution in [2.75, 3.05) is 11.9 Å². The summed E-state index contributed by atoms with van der Waals surface area (Å²) in [5.41, 5.74) is 0. The lowest BCUT2D eigenvalue weighted by Gasteiger charge is -1.97. The highest BCUT2D eigenvalue weighted by Crippen LogP contribution is 2.23. The first-order valence-electron chi connectivity index (χ1n) is 3.73. The lowest BCUT2D eigenvalue weighted by atomic mass is 10.4. The van der Waals surface area contributed by atoms with Crippen LogP contribution >= 0.6 is 27.3 Å². The molecule has 0 bridgehead atoms. The van der Waals surface area contributed by atoms with Gasteiger partial charge in [0.05, 0.1) is 9.80 Å². The molecule has 0 aliphatic rings. The molecule has 14 heavy (non-hydrogen) atoms. The van der Waals surface area contributed by atoms with Gasteiger partial charge in [-0.05, 0) is 6.07 Å². The van der Waals surface area contributed by atoms with E-state index in [4.69, 9.17) is 0 Å². The first-order chi connectivity index (χ1) is 6.65. The van der Waals surface area contributed by atoms with Crippen LogP contribution in [-0.2, 0) is 0 Å². The Balaban J connectivity index is 2.66. The van der Waals surface area contributed by atoms with E-state index in [0.29, 0.717) is 16.8 Å². The molecule has 1 amide bonds. The van der Waals surface area contributed by atoms with Crippen LogP contribution in [0.15, 0.2) is 12.1 Å². The Labute approximate surface area is 92.4 Å². The smallest absolute Gasteiger partial charge is 0.324 e. The molecule has 7 heteroatoms. The fourth-order valence-electron chi connectivity index (χ4n) is 0.796. The van der Waals surface area contributed by atoms with E-state index < -0.39 is 4.92 Å². The number of nitrogens with zero attached hydrogens (tertiary/aromatic N) is 1. The average Bonchev–Trinajstić information content (AvgIpc) is 2.62. The van der Waals surface area contributed by atoms with Crippen molar-refractivity contribution in [2.24, 2.45) is 0 Å². The van der Waals surface area contributed by atoms with E-state index in [-0.39, 0.29) is 10.9 Å². The van der Waals surface area contributed by atoms with Crippen LogP contribution in [0.3, 0.4) is 0 Å². The fourth-order valence-corrected chi connectivity index (χ4v) is 1.73. The molecule has 0 aliphatic heterocycles. The van der Waals surface area contributed by atoms with Gasteiger partial charge in [-0.2, -0.15) is 0 Å². The third-order valence-electron chi connectivity index (χ3n) is 1.38. The van der Waals surface area contributed by atoms with Crippen LogP contribution < -0.4 is 5.32 Å². The second kappa shape index (κ2) is 5.06. The highest BCUT2D eigenvalue weighted by molar-refractivity contribution is 9.09. The number of halogens is 1.